The van der Waals surface area contributed by atoms with Gasteiger partial charge in [-0.15, -0.1) is 16.4 Å². The second-order valence-electron chi connectivity index (χ2n) is 6.07. The fraction of sp³-hybridized carbons (Fsp3) is 0.0556. The summed E-state index contributed by atoms with van der Waals surface area (Å²) in [7, 11) is 0. The number of aliphatic carboxylic acids is 1. The minimum Gasteiger partial charge on any atom is -0.481 e. The van der Waals surface area contributed by atoms with Crippen molar-refractivity contribution in [3.05, 3.63) is 53.0 Å². The number of thiophene rings is 1. The number of nitrogens with zero attached hydrogens (tertiary/aromatic N) is 6. The van der Waals surface area contributed by atoms with E-state index in [9.17, 15) is 9.59 Å². The Hall–Kier alpha value is -4.59. The van der Waals surface area contributed by atoms with Gasteiger partial charge in [-0.05, 0) is 33.9 Å². The van der Waals surface area contributed by atoms with Crippen molar-refractivity contribution in [2.24, 2.45) is 5.10 Å². The number of carbonyl (C=O) groups excluding carboxylic acids is 1. The smallest absolute Gasteiger partial charge is 0.341 e. The van der Waals surface area contributed by atoms with Gasteiger partial charge >= 0.3 is 5.97 Å². The van der Waals surface area contributed by atoms with Crippen LogP contribution in [0.3, 0.4) is 0 Å². The Morgan fingerprint density at radius 1 is 1.28 bits per heavy atom. The van der Waals surface area contributed by atoms with Crippen molar-refractivity contribution in [1.82, 2.24) is 30.7 Å². The average molecular weight is 454 g/mol. The molecule has 0 aliphatic rings. The minimum absolute atomic E-state index is 0.0179. The Morgan fingerprint density at radius 2 is 2.12 bits per heavy atom. The molecule has 4 aromatic rings. The molecule has 4 rings (SSSR count). The summed E-state index contributed by atoms with van der Waals surface area (Å²) in [6.07, 6.45) is 1.32. The predicted molar refractivity (Wildman–Crippen MR) is 112 cm³/mol. The zero-order valence-corrected chi connectivity index (χ0v) is 16.9. The van der Waals surface area contributed by atoms with Crippen molar-refractivity contribution in [3.63, 3.8) is 0 Å². The van der Waals surface area contributed by atoms with E-state index in [1.807, 2.05) is 5.38 Å². The highest BCUT2D eigenvalue weighted by Crippen LogP contribution is 2.29. The SMILES string of the molecule is Nc1nonc1-n1nnc(C(=O)N/N=C\c2ccccc2OCC(=O)O)c1-c1cccs1. The maximum atomic E-state index is 12.8. The van der Waals surface area contributed by atoms with Crippen molar-refractivity contribution in [3.8, 4) is 22.1 Å². The van der Waals surface area contributed by atoms with E-state index < -0.39 is 18.5 Å². The first-order valence-electron chi connectivity index (χ1n) is 8.89. The van der Waals surface area contributed by atoms with Gasteiger partial charge in [0, 0.05) is 5.56 Å². The highest BCUT2D eigenvalue weighted by atomic mass is 32.1. The summed E-state index contributed by atoms with van der Waals surface area (Å²) in [5.74, 6) is -1.39. The van der Waals surface area contributed by atoms with Gasteiger partial charge in [-0.3, -0.25) is 4.79 Å². The molecule has 0 aliphatic carbocycles. The number of anilines is 1. The maximum absolute atomic E-state index is 12.8. The molecule has 3 heterocycles. The molecular formula is C18H14N8O5S. The summed E-state index contributed by atoms with van der Waals surface area (Å²) in [4.78, 5) is 24.2. The summed E-state index contributed by atoms with van der Waals surface area (Å²) in [5.41, 5.74) is 8.91. The molecule has 13 nitrogen and oxygen atoms in total. The molecule has 0 saturated heterocycles. The number of para-hydroxylation sites is 1. The first kappa shape index (κ1) is 20.7. The molecule has 0 radical (unpaired) electrons. The van der Waals surface area contributed by atoms with Gasteiger partial charge in [0.1, 0.15) is 11.4 Å². The van der Waals surface area contributed by atoms with Crippen LogP contribution in [0, 0.1) is 0 Å². The molecule has 4 N–H and O–H groups in total. The van der Waals surface area contributed by atoms with Gasteiger partial charge < -0.3 is 15.6 Å². The number of carboxylic acids is 1. The van der Waals surface area contributed by atoms with Crippen LogP contribution in [0.4, 0.5) is 5.82 Å². The number of hydrazone groups is 1. The van der Waals surface area contributed by atoms with Crippen LogP contribution in [0.25, 0.3) is 16.4 Å². The Kier molecular flexibility index (Phi) is 5.85. The van der Waals surface area contributed by atoms with Crippen molar-refractivity contribution < 1.29 is 24.1 Å². The molecule has 1 amide bonds. The number of carboxylic acid groups (broad SMARTS) is 1. The molecule has 3 aromatic heterocycles. The van der Waals surface area contributed by atoms with Crippen molar-refractivity contribution in [1.29, 1.82) is 0 Å². The van der Waals surface area contributed by atoms with Crippen LogP contribution in [-0.2, 0) is 4.79 Å². The van der Waals surface area contributed by atoms with Crippen LogP contribution in [0.5, 0.6) is 5.75 Å². The van der Waals surface area contributed by atoms with E-state index in [0.29, 0.717) is 21.9 Å². The first-order valence-corrected chi connectivity index (χ1v) is 9.77. The van der Waals surface area contributed by atoms with Crippen LogP contribution in [0.2, 0.25) is 0 Å². The summed E-state index contributed by atoms with van der Waals surface area (Å²) >= 11 is 1.36. The van der Waals surface area contributed by atoms with Gasteiger partial charge in [0.2, 0.25) is 11.6 Å². The second kappa shape index (κ2) is 9.05. The fourth-order valence-corrected chi connectivity index (χ4v) is 3.38. The van der Waals surface area contributed by atoms with Crippen molar-refractivity contribution >= 4 is 35.2 Å². The molecule has 0 spiro atoms. The number of hydrogen-bond donors (Lipinski definition) is 3. The highest BCUT2D eigenvalue weighted by molar-refractivity contribution is 7.13. The number of aromatic nitrogens is 5. The van der Waals surface area contributed by atoms with E-state index in [4.69, 9.17) is 15.6 Å². The fourth-order valence-electron chi connectivity index (χ4n) is 2.63. The molecule has 14 heteroatoms. The molecule has 0 fully saturated rings. The molecule has 0 saturated carbocycles. The van der Waals surface area contributed by atoms with Crippen LogP contribution in [0.15, 0.2) is 51.5 Å². The van der Waals surface area contributed by atoms with E-state index in [2.05, 4.69) is 35.8 Å². The van der Waals surface area contributed by atoms with E-state index in [1.165, 1.54) is 22.2 Å². The second-order valence-corrected chi connectivity index (χ2v) is 7.02. The number of nitrogens with two attached hydrogens (primary N) is 1. The van der Waals surface area contributed by atoms with Gasteiger partial charge in [0.15, 0.2) is 12.3 Å². The quantitative estimate of drug-likeness (QED) is 0.258. The molecule has 1 aromatic carbocycles. The Balaban J connectivity index is 1.58. The molecule has 0 aliphatic heterocycles. The van der Waals surface area contributed by atoms with Gasteiger partial charge in [-0.2, -0.15) is 9.78 Å². The van der Waals surface area contributed by atoms with Crippen molar-refractivity contribution in [2.75, 3.05) is 12.3 Å². The number of amides is 1. The van der Waals surface area contributed by atoms with Crippen LogP contribution in [-0.4, -0.2) is 55.1 Å². The van der Waals surface area contributed by atoms with E-state index in [1.54, 1.807) is 36.4 Å². The third-order valence-electron chi connectivity index (χ3n) is 3.98. The molecule has 0 atom stereocenters. The molecule has 162 valence electrons. The van der Waals surface area contributed by atoms with E-state index in [0.717, 1.165) is 0 Å². The lowest BCUT2D eigenvalue weighted by molar-refractivity contribution is -0.139. The lowest BCUT2D eigenvalue weighted by Crippen LogP contribution is -2.19. The number of carbonyl (C=O) groups is 2. The summed E-state index contributed by atoms with van der Waals surface area (Å²) in [6, 6.07) is 10.2. The number of nitrogens with one attached hydrogen (secondary N) is 1. The number of rotatable bonds is 8. The zero-order chi connectivity index (χ0) is 22.5. The molecular weight excluding hydrogens is 440 g/mol. The lowest BCUT2D eigenvalue weighted by atomic mass is 10.2. The number of benzene rings is 1. The van der Waals surface area contributed by atoms with Gasteiger partial charge in [-0.1, -0.05) is 23.4 Å². The van der Waals surface area contributed by atoms with Crippen molar-refractivity contribution in [2.45, 2.75) is 0 Å². The van der Waals surface area contributed by atoms with Gasteiger partial charge in [-0.25, -0.2) is 14.8 Å². The average Bonchev–Trinajstić information content (AvgIpc) is 3.52. The molecule has 0 bridgehead atoms. The molecule has 32 heavy (non-hydrogen) atoms. The van der Waals surface area contributed by atoms with E-state index >= 15 is 0 Å². The van der Waals surface area contributed by atoms with Crippen LogP contribution < -0.4 is 15.9 Å². The minimum atomic E-state index is -1.11. The van der Waals surface area contributed by atoms with E-state index in [-0.39, 0.29) is 17.3 Å². The number of ether oxygens (including phenoxy) is 1. The summed E-state index contributed by atoms with van der Waals surface area (Å²) in [5, 5.41) is 29.7. The lowest BCUT2D eigenvalue weighted by Gasteiger charge is -2.06. The number of nitrogen functional groups attached to an aromatic ring is 1. The van der Waals surface area contributed by atoms with Gasteiger partial charge in [0.05, 0.1) is 11.1 Å². The van der Waals surface area contributed by atoms with Crippen LogP contribution in [0.1, 0.15) is 16.1 Å². The Labute approximate surface area is 183 Å². The monoisotopic (exact) mass is 454 g/mol. The topological polar surface area (TPSA) is 184 Å². The summed E-state index contributed by atoms with van der Waals surface area (Å²) < 4.78 is 11.1. The first-order chi connectivity index (χ1) is 15.5. The third kappa shape index (κ3) is 4.29. The maximum Gasteiger partial charge on any atom is 0.341 e. The standard InChI is InChI=1S/C18H14N8O5S/c19-16-17(24-31-23-16)26-15(12-6-3-7-32-12)14(21-25-26)18(29)22-20-8-10-4-1-2-5-11(10)30-9-13(27)28/h1-8H,9H2,(H2,19,23)(H,22,29)(H,27,28)/b20-8-. The Bertz CT molecular complexity index is 1280. The Morgan fingerprint density at radius 3 is 2.84 bits per heavy atom. The largest absolute Gasteiger partial charge is 0.481 e. The predicted octanol–water partition coefficient (Wildman–Crippen LogP) is 1.19. The third-order valence-corrected chi connectivity index (χ3v) is 4.85. The van der Waals surface area contributed by atoms with Gasteiger partial charge in [0.25, 0.3) is 5.91 Å². The number of hydrogen-bond acceptors (Lipinski definition) is 11. The highest BCUT2D eigenvalue weighted by Gasteiger charge is 2.25. The van der Waals surface area contributed by atoms with Crippen LogP contribution >= 0.6 is 11.3 Å². The normalized spacial score (nSPS) is 11.0. The zero-order valence-electron chi connectivity index (χ0n) is 16.1. The summed E-state index contributed by atoms with van der Waals surface area (Å²) in [6.45, 7) is -0.509. The molecule has 0 unspecified atom stereocenters.